The molecule has 4 heteroatoms. The van der Waals surface area contributed by atoms with Crippen LogP contribution in [-0.2, 0) is 0 Å². The van der Waals surface area contributed by atoms with Gasteiger partial charge in [0.25, 0.3) is 5.91 Å². The molecule has 0 spiro atoms. The fraction of sp³-hybridized carbons (Fsp3) is 0.471. The molecule has 1 atom stereocenters. The number of benzene rings is 1. The second-order valence-electron chi connectivity index (χ2n) is 6.64. The predicted molar refractivity (Wildman–Crippen MR) is 85.3 cm³/mol. The van der Waals surface area contributed by atoms with Crippen LogP contribution in [-0.4, -0.2) is 28.6 Å². The van der Waals surface area contributed by atoms with Gasteiger partial charge in [-0.2, -0.15) is 0 Å². The highest BCUT2D eigenvalue weighted by Crippen LogP contribution is 2.25. The summed E-state index contributed by atoms with van der Waals surface area (Å²) in [5, 5.41) is 14.2. The highest BCUT2D eigenvalue weighted by Gasteiger charge is 2.30. The van der Waals surface area contributed by atoms with E-state index in [0.29, 0.717) is 12.1 Å². The summed E-state index contributed by atoms with van der Waals surface area (Å²) in [6, 6.07) is 7.56. The molecule has 0 saturated heterocycles. The van der Waals surface area contributed by atoms with Gasteiger partial charge in [-0.05, 0) is 29.5 Å². The number of aliphatic hydroxyl groups is 1. The normalized spacial score (nSPS) is 13.6. The summed E-state index contributed by atoms with van der Waals surface area (Å²) >= 11 is 0. The molecule has 1 aromatic heterocycles. The van der Waals surface area contributed by atoms with Gasteiger partial charge < -0.3 is 15.4 Å². The molecule has 0 bridgehead atoms. The average Bonchev–Trinajstić information content (AvgIpc) is 2.91. The van der Waals surface area contributed by atoms with Crippen LogP contribution in [0.2, 0.25) is 0 Å². The molecule has 0 aliphatic rings. The quantitative estimate of drug-likeness (QED) is 0.792. The molecule has 1 heterocycles. The molecule has 0 fully saturated rings. The van der Waals surface area contributed by atoms with Crippen LogP contribution in [0.4, 0.5) is 0 Å². The molecular formula is C17H24N2O2. The van der Waals surface area contributed by atoms with E-state index in [1.165, 1.54) is 0 Å². The summed E-state index contributed by atoms with van der Waals surface area (Å²) in [6.07, 6.45) is 1.40. The number of hydrogen-bond acceptors (Lipinski definition) is 2. The third-order valence-electron chi connectivity index (χ3n) is 3.95. The van der Waals surface area contributed by atoms with Crippen LogP contribution in [0.1, 0.15) is 38.1 Å². The molecule has 1 unspecified atom stereocenters. The molecule has 4 nitrogen and oxygen atoms in total. The van der Waals surface area contributed by atoms with E-state index in [-0.39, 0.29) is 17.2 Å². The number of fused-ring (bicyclic) bond motifs is 1. The number of carbonyl (C=O) groups excluding carboxylic acids is 1. The Kier molecular flexibility index (Phi) is 4.37. The lowest BCUT2D eigenvalue weighted by Crippen LogP contribution is -2.43. The molecule has 0 aliphatic carbocycles. The monoisotopic (exact) mass is 288 g/mol. The zero-order valence-electron chi connectivity index (χ0n) is 13.1. The van der Waals surface area contributed by atoms with Crippen LogP contribution in [0.15, 0.2) is 30.5 Å². The number of H-pyrrole nitrogens is 1. The number of hydrogen-bond donors (Lipinski definition) is 3. The van der Waals surface area contributed by atoms with Crippen molar-refractivity contribution in [1.82, 2.24) is 10.3 Å². The molecule has 2 aromatic rings. The number of aliphatic hydroxyl groups excluding tert-OH is 1. The highest BCUT2D eigenvalue weighted by molar-refractivity contribution is 5.97. The van der Waals surface area contributed by atoms with E-state index in [1.54, 1.807) is 0 Å². The number of aromatic nitrogens is 1. The van der Waals surface area contributed by atoms with Gasteiger partial charge in [0.1, 0.15) is 0 Å². The Morgan fingerprint density at radius 1 is 1.33 bits per heavy atom. The first kappa shape index (κ1) is 15.6. The van der Waals surface area contributed by atoms with E-state index in [0.717, 1.165) is 10.9 Å². The minimum Gasteiger partial charge on any atom is -0.392 e. The summed E-state index contributed by atoms with van der Waals surface area (Å²) in [7, 11) is 0. The smallest absolute Gasteiger partial charge is 0.251 e. The first-order chi connectivity index (χ1) is 9.81. The van der Waals surface area contributed by atoms with Crippen LogP contribution in [0.25, 0.3) is 10.9 Å². The summed E-state index contributed by atoms with van der Waals surface area (Å²) in [5.74, 6) is 0.0442. The Hall–Kier alpha value is -1.81. The van der Waals surface area contributed by atoms with Gasteiger partial charge in [-0.25, -0.2) is 0 Å². The van der Waals surface area contributed by atoms with E-state index in [2.05, 4.69) is 10.3 Å². The van der Waals surface area contributed by atoms with Gasteiger partial charge in [0.15, 0.2) is 0 Å². The van der Waals surface area contributed by atoms with Crippen molar-refractivity contribution in [2.45, 2.75) is 33.8 Å². The SMILES string of the molecule is CC(C)C(O)C(C)(C)CNC(=O)c1ccc2cc[nH]c2c1. The number of amides is 1. The number of carbonyl (C=O) groups is 1. The number of aromatic amines is 1. The van der Waals surface area contributed by atoms with Gasteiger partial charge in [0.2, 0.25) is 0 Å². The van der Waals surface area contributed by atoms with Gasteiger partial charge in [-0.3, -0.25) is 4.79 Å². The second kappa shape index (κ2) is 5.90. The highest BCUT2D eigenvalue weighted by atomic mass is 16.3. The second-order valence-corrected chi connectivity index (χ2v) is 6.64. The number of nitrogens with one attached hydrogen (secondary N) is 2. The van der Waals surface area contributed by atoms with Gasteiger partial charge >= 0.3 is 0 Å². The van der Waals surface area contributed by atoms with Crippen LogP contribution in [0.5, 0.6) is 0 Å². The summed E-state index contributed by atoms with van der Waals surface area (Å²) in [5.41, 5.74) is 1.21. The summed E-state index contributed by atoms with van der Waals surface area (Å²) in [6.45, 7) is 8.33. The van der Waals surface area contributed by atoms with Crippen LogP contribution < -0.4 is 5.32 Å². The minimum atomic E-state index is -0.455. The van der Waals surface area contributed by atoms with Gasteiger partial charge in [0.05, 0.1) is 6.10 Å². The lowest BCUT2D eigenvalue weighted by molar-refractivity contribution is 0.0138. The van der Waals surface area contributed by atoms with Crippen LogP contribution >= 0.6 is 0 Å². The van der Waals surface area contributed by atoms with Crippen molar-refractivity contribution in [3.63, 3.8) is 0 Å². The fourth-order valence-corrected chi connectivity index (χ4v) is 2.61. The summed E-state index contributed by atoms with van der Waals surface area (Å²) in [4.78, 5) is 15.3. The van der Waals surface area contributed by atoms with Crippen LogP contribution in [0, 0.1) is 11.3 Å². The lowest BCUT2D eigenvalue weighted by atomic mass is 9.80. The third-order valence-corrected chi connectivity index (χ3v) is 3.95. The Labute approximate surface area is 125 Å². The van der Waals surface area contributed by atoms with Crippen molar-refractivity contribution >= 4 is 16.8 Å². The molecule has 1 aromatic carbocycles. The first-order valence-electron chi connectivity index (χ1n) is 7.34. The average molecular weight is 288 g/mol. The van der Waals surface area contributed by atoms with Crippen molar-refractivity contribution in [1.29, 1.82) is 0 Å². The lowest BCUT2D eigenvalue weighted by Gasteiger charge is -2.33. The molecule has 3 N–H and O–H groups in total. The maximum absolute atomic E-state index is 12.2. The molecule has 0 saturated carbocycles. The van der Waals surface area contributed by atoms with Crippen molar-refractivity contribution < 1.29 is 9.90 Å². The standard InChI is InChI=1S/C17H24N2O2/c1-11(2)15(20)17(3,4)10-19-16(21)13-6-5-12-7-8-18-14(12)9-13/h5-9,11,15,18,20H,10H2,1-4H3,(H,19,21). The van der Waals surface area contributed by atoms with Crippen molar-refractivity contribution in [2.75, 3.05) is 6.54 Å². The van der Waals surface area contributed by atoms with E-state index in [9.17, 15) is 9.90 Å². The Morgan fingerprint density at radius 2 is 2.05 bits per heavy atom. The largest absolute Gasteiger partial charge is 0.392 e. The maximum atomic E-state index is 12.2. The molecule has 0 aliphatic heterocycles. The van der Waals surface area contributed by atoms with Crippen molar-refractivity contribution in [2.24, 2.45) is 11.3 Å². The molecular weight excluding hydrogens is 264 g/mol. The molecule has 2 rings (SSSR count). The van der Waals surface area contributed by atoms with Gasteiger partial charge in [0, 0.05) is 29.2 Å². The van der Waals surface area contributed by atoms with E-state index >= 15 is 0 Å². The molecule has 0 radical (unpaired) electrons. The zero-order valence-corrected chi connectivity index (χ0v) is 13.1. The van der Waals surface area contributed by atoms with Gasteiger partial charge in [-0.15, -0.1) is 0 Å². The van der Waals surface area contributed by atoms with E-state index < -0.39 is 6.10 Å². The van der Waals surface area contributed by atoms with Crippen molar-refractivity contribution in [3.8, 4) is 0 Å². The minimum absolute atomic E-state index is 0.115. The van der Waals surface area contributed by atoms with E-state index in [4.69, 9.17) is 0 Å². The number of rotatable bonds is 5. The molecule has 114 valence electrons. The fourth-order valence-electron chi connectivity index (χ4n) is 2.61. The Morgan fingerprint density at radius 3 is 2.71 bits per heavy atom. The predicted octanol–water partition coefficient (Wildman–Crippen LogP) is 2.94. The molecule has 21 heavy (non-hydrogen) atoms. The maximum Gasteiger partial charge on any atom is 0.251 e. The summed E-state index contributed by atoms with van der Waals surface area (Å²) < 4.78 is 0. The van der Waals surface area contributed by atoms with Crippen LogP contribution in [0.3, 0.4) is 0 Å². The first-order valence-corrected chi connectivity index (χ1v) is 7.34. The Balaban J connectivity index is 2.04. The topological polar surface area (TPSA) is 65.1 Å². The zero-order chi connectivity index (χ0) is 15.6. The van der Waals surface area contributed by atoms with Crippen molar-refractivity contribution in [3.05, 3.63) is 36.0 Å². The third kappa shape index (κ3) is 3.45. The molecule has 1 amide bonds. The van der Waals surface area contributed by atoms with E-state index in [1.807, 2.05) is 58.2 Å². The van der Waals surface area contributed by atoms with Gasteiger partial charge in [-0.1, -0.05) is 33.8 Å². The Bertz CT molecular complexity index is 629.